The van der Waals surface area contributed by atoms with Crippen LogP contribution >= 0.6 is 0 Å². The van der Waals surface area contributed by atoms with Crippen LogP contribution in [0, 0.1) is 17.0 Å². The maximum Gasteiger partial charge on any atom is 0.229 e. The molecule has 5 nitrogen and oxygen atoms in total. The van der Waals surface area contributed by atoms with Crippen LogP contribution in [0.5, 0.6) is 0 Å². The molecule has 2 N–H and O–H groups in total. The topological polar surface area (TPSA) is 61.4 Å². The summed E-state index contributed by atoms with van der Waals surface area (Å²) in [7, 11) is 0. The van der Waals surface area contributed by atoms with Crippen LogP contribution in [-0.4, -0.2) is 35.8 Å². The number of nitrogens with zero attached hydrogens (tertiary/aromatic N) is 1. The summed E-state index contributed by atoms with van der Waals surface area (Å²) in [6, 6.07) is 13.3. The Bertz CT molecular complexity index is 937. The smallest absolute Gasteiger partial charge is 0.229 e. The number of hydrogen-bond acceptors (Lipinski definition) is 3. The third kappa shape index (κ3) is 4.21. The van der Waals surface area contributed by atoms with Crippen molar-refractivity contribution in [2.75, 3.05) is 13.1 Å². The van der Waals surface area contributed by atoms with Gasteiger partial charge in [0.15, 0.2) is 11.6 Å². The van der Waals surface area contributed by atoms with E-state index < -0.39 is 17.0 Å². The molecule has 0 unspecified atom stereocenters. The van der Waals surface area contributed by atoms with Crippen LogP contribution in [0.25, 0.3) is 0 Å². The molecule has 2 atom stereocenters. The number of carbonyl (C=O) groups is 2. The van der Waals surface area contributed by atoms with Crippen LogP contribution in [0.3, 0.4) is 0 Å². The second-order valence-electron chi connectivity index (χ2n) is 8.19. The number of piperidine rings is 2. The van der Waals surface area contributed by atoms with Gasteiger partial charge in [0.05, 0.1) is 5.41 Å². The van der Waals surface area contributed by atoms with Gasteiger partial charge in [0, 0.05) is 38.6 Å². The Kier molecular flexibility index (Phi) is 5.81. The molecule has 2 fully saturated rings. The number of benzene rings is 2. The Labute approximate surface area is 174 Å². The molecule has 0 radical (unpaired) electrons. The summed E-state index contributed by atoms with van der Waals surface area (Å²) >= 11 is 0. The van der Waals surface area contributed by atoms with Gasteiger partial charge in [-0.1, -0.05) is 36.4 Å². The summed E-state index contributed by atoms with van der Waals surface area (Å²) in [4.78, 5) is 27.4. The summed E-state index contributed by atoms with van der Waals surface area (Å²) in [5, 5.41) is 6.05. The monoisotopic (exact) mass is 413 g/mol. The number of rotatable bonds is 5. The standard InChI is InChI=1S/C23H25F2N3O2/c24-18-7-6-17(12-19(18)25)14-28-11-9-20-23(15-28,10-8-21(29)27-20)22(30)26-13-16-4-2-1-3-5-16/h1-7,12,20H,8-11,13-15H2,(H,26,30)(H,27,29)/t20-,23+/m1/s1. The van der Waals surface area contributed by atoms with Crippen molar-refractivity contribution in [2.24, 2.45) is 5.41 Å². The van der Waals surface area contributed by atoms with Crippen LogP contribution in [0.2, 0.25) is 0 Å². The zero-order valence-electron chi connectivity index (χ0n) is 16.7. The van der Waals surface area contributed by atoms with Gasteiger partial charge in [0.2, 0.25) is 11.8 Å². The molecule has 2 heterocycles. The molecule has 0 bridgehead atoms. The number of hydrogen-bond donors (Lipinski definition) is 2. The first-order valence-electron chi connectivity index (χ1n) is 10.2. The number of halogens is 2. The highest BCUT2D eigenvalue weighted by Crippen LogP contribution is 2.38. The molecule has 2 saturated heterocycles. The second-order valence-corrected chi connectivity index (χ2v) is 8.19. The molecule has 2 aliphatic heterocycles. The molecule has 4 rings (SSSR count). The Hall–Kier alpha value is -2.80. The first kappa shape index (κ1) is 20.5. The van der Waals surface area contributed by atoms with E-state index in [-0.39, 0.29) is 17.9 Å². The number of likely N-dealkylation sites (tertiary alicyclic amines) is 1. The minimum absolute atomic E-state index is 0.0273. The summed E-state index contributed by atoms with van der Waals surface area (Å²) in [6.45, 7) is 1.96. The molecular formula is C23H25F2N3O2. The van der Waals surface area contributed by atoms with Gasteiger partial charge in [-0.25, -0.2) is 8.78 Å². The van der Waals surface area contributed by atoms with Crippen molar-refractivity contribution in [3.8, 4) is 0 Å². The highest BCUT2D eigenvalue weighted by Gasteiger charge is 2.51. The fourth-order valence-corrected chi connectivity index (χ4v) is 4.57. The summed E-state index contributed by atoms with van der Waals surface area (Å²) in [5.74, 6) is -1.85. The van der Waals surface area contributed by atoms with E-state index in [1.165, 1.54) is 6.07 Å². The molecule has 7 heteroatoms. The van der Waals surface area contributed by atoms with Gasteiger partial charge >= 0.3 is 0 Å². The lowest BCUT2D eigenvalue weighted by Gasteiger charge is -2.49. The predicted molar refractivity (Wildman–Crippen MR) is 108 cm³/mol. The van der Waals surface area contributed by atoms with Crippen molar-refractivity contribution < 1.29 is 18.4 Å². The van der Waals surface area contributed by atoms with Crippen LogP contribution in [-0.2, 0) is 22.7 Å². The van der Waals surface area contributed by atoms with Crippen molar-refractivity contribution in [1.29, 1.82) is 0 Å². The van der Waals surface area contributed by atoms with Gasteiger partial charge in [-0.2, -0.15) is 0 Å². The van der Waals surface area contributed by atoms with Gasteiger partial charge in [-0.15, -0.1) is 0 Å². The van der Waals surface area contributed by atoms with E-state index >= 15 is 0 Å². The number of carbonyl (C=O) groups excluding carboxylic acids is 2. The van der Waals surface area contributed by atoms with Crippen molar-refractivity contribution in [3.63, 3.8) is 0 Å². The molecule has 0 spiro atoms. The van der Waals surface area contributed by atoms with Gasteiger partial charge in [0.1, 0.15) is 0 Å². The first-order valence-corrected chi connectivity index (χ1v) is 10.2. The van der Waals surface area contributed by atoms with Crippen LogP contribution in [0.4, 0.5) is 8.78 Å². The molecule has 2 aliphatic rings. The SMILES string of the molecule is O=C1CC[C@]2(C(=O)NCc3ccccc3)CN(Cc3ccc(F)c(F)c3)CC[C@H]2N1. The summed E-state index contributed by atoms with van der Waals surface area (Å²) in [5.41, 5.74) is 0.930. The highest BCUT2D eigenvalue weighted by molar-refractivity contribution is 5.88. The zero-order chi connectivity index (χ0) is 21.1. The van der Waals surface area contributed by atoms with Crippen molar-refractivity contribution in [2.45, 2.75) is 38.4 Å². The van der Waals surface area contributed by atoms with Crippen molar-refractivity contribution in [3.05, 3.63) is 71.3 Å². The van der Waals surface area contributed by atoms with Crippen LogP contribution in [0.15, 0.2) is 48.5 Å². The minimum Gasteiger partial charge on any atom is -0.352 e. The first-order chi connectivity index (χ1) is 14.5. The molecule has 158 valence electrons. The maximum absolute atomic E-state index is 13.6. The van der Waals surface area contributed by atoms with E-state index in [1.54, 1.807) is 6.07 Å². The van der Waals surface area contributed by atoms with Crippen LogP contribution < -0.4 is 10.6 Å². The van der Waals surface area contributed by atoms with E-state index in [9.17, 15) is 18.4 Å². The molecule has 0 aromatic heterocycles. The molecule has 2 aromatic rings. The van der Waals surface area contributed by atoms with Gasteiger partial charge in [0.25, 0.3) is 0 Å². The Morgan fingerprint density at radius 1 is 1.13 bits per heavy atom. The summed E-state index contributed by atoms with van der Waals surface area (Å²) < 4.78 is 26.9. The largest absolute Gasteiger partial charge is 0.352 e. The number of fused-ring (bicyclic) bond motifs is 1. The average molecular weight is 413 g/mol. The van der Waals surface area contributed by atoms with Gasteiger partial charge in [-0.3, -0.25) is 14.5 Å². The van der Waals surface area contributed by atoms with Crippen LogP contribution in [0.1, 0.15) is 30.4 Å². The van der Waals surface area contributed by atoms with E-state index in [0.717, 1.165) is 11.6 Å². The molecule has 0 aliphatic carbocycles. The third-order valence-electron chi connectivity index (χ3n) is 6.18. The quantitative estimate of drug-likeness (QED) is 0.793. The average Bonchev–Trinajstić information content (AvgIpc) is 2.75. The molecule has 0 saturated carbocycles. The lowest BCUT2D eigenvalue weighted by molar-refractivity contribution is -0.144. The zero-order valence-corrected chi connectivity index (χ0v) is 16.7. The van der Waals surface area contributed by atoms with Gasteiger partial charge < -0.3 is 10.6 Å². The number of nitrogens with one attached hydrogen (secondary N) is 2. The molecule has 30 heavy (non-hydrogen) atoms. The van der Waals surface area contributed by atoms with E-state index in [4.69, 9.17) is 0 Å². The predicted octanol–water partition coefficient (Wildman–Crippen LogP) is 2.75. The Balaban J connectivity index is 1.50. The third-order valence-corrected chi connectivity index (χ3v) is 6.18. The van der Waals surface area contributed by atoms with E-state index in [0.29, 0.717) is 51.0 Å². The summed E-state index contributed by atoms with van der Waals surface area (Å²) in [6.07, 6.45) is 1.40. The maximum atomic E-state index is 13.6. The fraction of sp³-hybridized carbons (Fsp3) is 0.391. The lowest BCUT2D eigenvalue weighted by atomic mass is 9.69. The highest BCUT2D eigenvalue weighted by atomic mass is 19.2. The number of amides is 2. The van der Waals surface area contributed by atoms with Crippen molar-refractivity contribution >= 4 is 11.8 Å². The van der Waals surface area contributed by atoms with Crippen molar-refractivity contribution in [1.82, 2.24) is 15.5 Å². The molecular weight excluding hydrogens is 388 g/mol. The Morgan fingerprint density at radius 2 is 1.93 bits per heavy atom. The Morgan fingerprint density at radius 3 is 2.70 bits per heavy atom. The second kappa shape index (κ2) is 8.52. The molecule has 2 aromatic carbocycles. The normalized spacial score (nSPS) is 24.1. The lowest BCUT2D eigenvalue weighted by Crippen LogP contribution is -2.66. The van der Waals surface area contributed by atoms with E-state index in [1.807, 2.05) is 30.3 Å². The molecule has 2 amide bonds. The minimum atomic E-state index is -0.873. The van der Waals surface area contributed by atoms with E-state index in [2.05, 4.69) is 15.5 Å². The fourth-order valence-electron chi connectivity index (χ4n) is 4.57. The van der Waals surface area contributed by atoms with Gasteiger partial charge in [-0.05, 0) is 36.1 Å².